The zero-order valence-electron chi connectivity index (χ0n) is 23.2. The fraction of sp³-hybridized carbons (Fsp3) is 0. The van der Waals surface area contributed by atoms with E-state index in [9.17, 15) is 44.0 Å². The molecule has 0 unspecified atom stereocenters. The summed E-state index contributed by atoms with van der Waals surface area (Å²) >= 11 is 0. The van der Waals surface area contributed by atoms with Crippen molar-refractivity contribution in [1.82, 2.24) is 0 Å². The molecule has 0 aliphatic heterocycles. The first-order valence-corrected chi connectivity index (χ1v) is 17.0. The molecule has 6 rings (SSSR count). The van der Waals surface area contributed by atoms with Crippen LogP contribution < -0.4 is 5.73 Å². The van der Waals surface area contributed by atoms with Crippen LogP contribution in [0.5, 0.6) is 5.75 Å². The zero-order valence-corrected chi connectivity index (χ0v) is 24.7. The first kappa shape index (κ1) is 29.5. The molecule has 0 aliphatic rings. The Balaban J connectivity index is 0.00000400. The van der Waals surface area contributed by atoms with Gasteiger partial charge in [0.25, 0.3) is 30.4 Å². The number of fused-ring (bicyclic) bond motifs is 3. The average molecular weight is 653 g/mol. The van der Waals surface area contributed by atoms with E-state index in [0.717, 1.165) is 0 Å². The highest BCUT2D eigenvalue weighted by atomic mass is 32.2. The number of anilines is 1. The van der Waals surface area contributed by atoms with Crippen molar-refractivity contribution in [2.75, 3.05) is 5.73 Å². The standard InChI is InChI=1S/C30H21NO10S3/c31-18-13-23(21-11-9-16-5-1-3-7-19(16)29(21)43(36,37)38)27-24(14-18)28(26(15-25(27)32)42(33,34)35)22-12-10-17-6-2-4-8-20(17)30(22)44(39,40)41/h1-15,32H,31H2,(H,33,34,35)(H,36,37,38)(H,39,40,41)/p+1. The lowest BCUT2D eigenvalue weighted by Gasteiger charge is -2.20. The van der Waals surface area contributed by atoms with Gasteiger partial charge in [0.2, 0.25) is 0 Å². The molecule has 0 fully saturated rings. The first-order chi connectivity index (χ1) is 20.6. The number of phenols is 1. The van der Waals surface area contributed by atoms with Crippen molar-refractivity contribution < 1.29 is 45.4 Å². The summed E-state index contributed by atoms with van der Waals surface area (Å²) in [5.74, 6) is -0.741. The summed E-state index contributed by atoms with van der Waals surface area (Å²) in [5, 5.41) is 11.9. The molecule has 0 heterocycles. The highest BCUT2D eigenvalue weighted by Gasteiger charge is 2.30. The van der Waals surface area contributed by atoms with Gasteiger partial charge in [-0.2, -0.15) is 25.3 Å². The van der Waals surface area contributed by atoms with Crippen LogP contribution in [0.1, 0.15) is 1.43 Å². The average Bonchev–Trinajstić information content (AvgIpc) is 2.93. The molecule has 6 aromatic rings. The van der Waals surface area contributed by atoms with E-state index in [0.29, 0.717) is 16.8 Å². The molecule has 224 valence electrons. The number of nitrogens with two attached hydrogens (primary N) is 1. The molecule has 0 atom stereocenters. The second kappa shape index (κ2) is 9.99. The Bertz CT molecular complexity index is 2550. The monoisotopic (exact) mass is 652 g/mol. The molecule has 0 saturated carbocycles. The Kier molecular flexibility index (Phi) is 6.69. The van der Waals surface area contributed by atoms with E-state index in [1.165, 1.54) is 48.5 Å². The van der Waals surface area contributed by atoms with Crippen molar-refractivity contribution in [2.45, 2.75) is 14.7 Å². The molecular weight excluding hydrogens is 631 g/mol. The van der Waals surface area contributed by atoms with Crippen LogP contribution in [0.25, 0.3) is 54.6 Å². The minimum atomic E-state index is -5.17. The summed E-state index contributed by atoms with van der Waals surface area (Å²) in [7, 11) is -15.1. The van der Waals surface area contributed by atoms with Crippen molar-refractivity contribution >= 4 is 68.4 Å². The van der Waals surface area contributed by atoms with Gasteiger partial charge in [-0.15, -0.1) is 0 Å². The molecule has 0 radical (unpaired) electrons. The van der Waals surface area contributed by atoms with Crippen LogP contribution in [0.15, 0.2) is 106 Å². The van der Waals surface area contributed by atoms with Crippen molar-refractivity contribution in [2.24, 2.45) is 0 Å². The van der Waals surface area contributed by atoms with Crippen LogP contribution in [0, 0.1) is 0 Å². The Hall–Kier alpha value is -4.57. The summed E-state index contributed by atoms with van der Waals surface area (Å²) < 4.78 is 107. The first-order valence-electron chi connectivity index (χ1n) is 12.6. The van der Waals surface area contributed by atoms with E-state index in [4.69, 9.17) is 5.73 Å². The van der Waals surface area contributed by atoms with Crippen molar-refractivity contribution in [1.29, 1.82) is 0 Å². The molecule has 11 nitrogen and oxygen atoms in total. The molecule has 0 aromatic heterocycles. The summed E-state index contributed by atoms with van der Waals surface area (Å²) in [4.78, 5) is -2.11. The molecule has 0 bridgehead atoms. The van der Waals surface area contributed by atoms with Gasteiger partial charge in [-0.05, 0) is 33.9 Å². The summed E-state index contributed by atoms with van der Waals surface area (Å²) in [5.41, 5.74) is 5.18. The van der Waals surface area contributed by atoms with Gasteiger partial charge in [-0.25, -0.2) is 0 Å². The summed E-state index contributed by atoms with van der Waals surface area (Å²) in [6.45, 7) is 0. The Labute approximate surface area is 252 Å². The number of phenolic OH excluding ortho intramolecular Hbond substituents is 1. The molecule has 0 spiro atoms. The van der Waals surface area contributed by atoms with E-state index < -0.39 is 56.4 Å². The van der Waals surface area contributed by atoms with Gasteiger partial charge in [0.05, 0.1) is 0 Å². The fourth-order valence-corrected chi connectivity index (χ4v) is 8.25. The number of benzene rings is 6. The maximum Gasteiger partial charge on any atom is 1.00 e. The minimum absolute atomic E-state index is 0. The Morgan fingerprint density at radius 2 is 1.05 bits per heavy atom. The van der Waals surface area contributed by atoms with Gasteiger partial charge >= 0.3 is 1.43 Å². The van der Waals surface area contributed by atoms with E-state index in [1.807, 2.05) is 0 Å². The van der Waals surface area contributed by atoms with Crippen molar-refractivity contribution in [3.05, 3.63) is 91.0 Å². The quantitative estimate of drug-likeness (QED) is 0.114. The predicted molar refractivity (Wildman–Crippen MR) is 166 cm³/mol. The second-order valence-electron chi connectivity index (χ2n) is 10.0. The third kappa shape index (κ3) is 4.83. The highest BCUT2D eigenvalue weighted by molar-refractivity contribution is 7.86. The van der Waals surface area contributed by atoms with E-state index in [2.05, 4.69) is 0 Å². The SMILES string of the molecule is Nc1cc(-c2ccc3ccccc3c2S(=O)(=O)O)c2c(O)cc(S(=O)(=O)O)c(-c3ccc4ccccc4c3S(=O)(=O)O)c2c1.[H+]. The largest absolute Gasteiger partial charge is 1.00 e. The number of nitrogen functional groups attached to an aromatic ring is 1. The smallest absolute Gasteiger partial charge is 0.507 e. The van der Waals surface area contributed by atoms with Crippen molar-refractivity contribution in [3.63, 3.8) is 0 Å². The number of hydrogen-bond acceptors (Lipinski definition) is 8. The molecule has 44 heavy (non-hydrogen) atoms. The van der Waals surface area contributed by atoms with Crippen LogP contribution in [-0.2, 0) is 30.4 Å². The fourth-order valence-electron chi connectivity index (χ4n) is 5.68. The normalized spacial score (nSPS) is 12.7. The lowest BCUT2D eigenvalue weighted by atomic mass is 9.90. The topological polar surface area (TPSA) is 209 Å². The highest BCUT2D eigenvalue weighted by Crippen LogP contribution is 2.48. The molecule has 14 heteroatoms. The third-order valence-electron chi connectivity index (χ3n) is 7.31. The molecule has 6 aromatic carbocycles. The number of aromatic hydroxyl groups is 1. The molecule has 6 N–H and O–H groups in total. The van der Waals surface area contributed by atoms with E-state index in [-0.39, 0.29) is 45.3 Å². The van der Waals surface area contributed by atoms with Crippen molar-refractivity contribution in [3.8, 4) is 28.0 Å². The van der Waals surface area contributed by atoms with Crippen LogP contribution in [0.4, 0.5) is 5.69 Å². The Morgan fingerprint density at radius 3 is 1.57 bits per heavy atom. The van der Waals surface area contributed by atoms with E-state index >= 15 is 0 Å². The van der Waals surface area contributed by atoms with Crippen LogP contribution >= 0.6 is 0 Å². The van der Waals surface area contributed by atoms with Crippen LogP contribution in [-0.4, -0.2) is 44.0 Å². The van der Waals surface area contributed by atoms with Crippen LogP contribution in [0.3, 0.4) is 0 Å². The molecule has 0 amide bonds. The van der Waals surface area contributed by atoms with Gasteiger partial charge in [-0.3, -0.25) is 13.7 Å². The maximum absolute atomic E-state index is 12.8. The van der Waals surface area contributed by atoms with Gasteiger partial charge in [-0.1, -0.05) is 72.8 Å². The lowest BCUT2D eigenvalue weighted by Crippen LogP contribution is -2.07. The molecule has 0 saturated heterocycles. The summed E-state index contributed by atoms with van der Waals surface area (Å²) in [6.07, 6.45) is 0. The van der Waals surface area contributed by atoms with Gasteiger partial charge in [0.1, 0.15) is 20.4 Å². The zero-order chi connectivity index (χ0) is 31.8. The second-order valence-corrected chi connectivity index (χ2v) is 14.1. The van der Waals surface area contributed by atoms with Gasteiger partial charge < -0.3 is 10.8 Å². The van der Waals surface area contributed by atoms with E-state index in [1.54, 1.807) is 36.4 Å². The maximum atomic E-state index is 12.8. The summed E-state index contributed by atoms with van der Waals surface area (Å²) in [6, 6.07) is 21.2. The molecule has 0 aliphatic carbocycles. The lowest BCUT2D eigenvalue weighted by molar-refractivity contribution is 0.471. The van der Waals surface area contributed by atoms with Gasteiger partial charge in [0.15, 0.2) is 0 Å². The number of hydrogen-bond donors (Lipinski definition) is 5. The number of rotatable bonds is 5. The van der Waals surface area contributed by atoms with Gasteiger partial charge in [0, 0.05) is 44.6 Å². The minimum Gasteiger partial charge on any atom is -0.507 e. The Morgan fingerprint density at radius 1 is 0.545 bits per heavy atom. The third-order valence-corrected chi connectivity index (χ3v) is 10.1. The molecular formula is C30H22NO10S3+. The van der Waals surface area contributed by atoms with Crippen LogP contribution in [0.2, 0.25) is 0 Å². The predicted octanol–water partition coefficient (Wildman–Crippen LogP) is 5.62.